The fourth-order valence-corrected chi connectivity index (χ4v) is 2.05. The Labute approximate surface area is 149 Å². The van der Waals surface area contributed by atoms with Gasteiger partial charge >= 0.3 is 5.97 Å². The van der Waals surface area contributed by atoms with Gasteiger partial charge in [0.05, 0.1) is 14.2 Å². The fraction of sp³-hybridized carbons (Fsp3) is 0.167. The van der Waals surface area contributed by atoms with Crippen molar-refractivity contribution < 1.29 is 28.9 Å². The number of benzene rings is 2. The van der Waals surface area contributed by atoms with Crippen LogP contribution in [0, 0.1) is 10.1 Å². The highest BCUT2D eigenvalue weighted by Crippen LogP contribution is 2.28. The number of nitrogens with zero attached hydrogens (tertiary/aromatic N) is 1. The number of carbonyl (C=O) groups excluding carboxylic acids is 1. The highest BCUT2D eigenvalue weighted by Gasteiger charge is 2.05. The van der Waals surface area contributed by atoms with Gasteiger partial charge in [-0.15, -0.1) is 10.1 Å². The van der Waals surface area contributed by atoms with Gasteiger partial charge in [-0.25, -0.2) is 4.79 Å². The first-order chi connectivity index (χ1) is 12.5. The van der Waals surface area contributed by atoms with Gasteiger partial charge in [0.15, 0.2) is 11.5 Å². The Morgan fingerprint density at radius 3 is 2.38 bits per heavy atom. The predicted molar refractivity (Wildman–Crippen MR) is 92.4 cm³/mol. The van der Waals surface area contributed by atoms with Gasteiger partial charge in [0.2, 0.25) is 0 Å². The van der Waals surface area contributed by atoms with Crippen molar-refractivity contribution in [3.63, 3.8) is 0 Å². The molecule has 26 heavy (non-hydrogen) atoms. The van der Waals surface area contributed by atoms with Gasteiger partial charge in [0.1, 0.15) is 12.4 Å². The molecular formula is C18H17NO7. The lowest BCUT2D eigenvalue weighted by molar-refractivity contribution is -0.763. The molecule has 0 N–H and O–H groups in total. The van der Waals surface area contributed by atoms with Gasteiger partial charge in [-0.2, -0.15) is 0 Å². The molecule has 136 valence electrons. The lowest BCUT2D eigenvalue weighted by Gasteiger charge is -2.07. The van der Waals surface area contributed by atoms with Crippen LogP contribution >= 0.6 is 0 Å². The van der Waals surface area contributed by atoms with E-state index in [1.807, 2.05) is 0 Å². The van der Waals surface area contributed by atoms with Crippen LogP contribution in [-0.4, -0.2) is 25.3 Å². The molecule has 0 atom stereocenters. The molecule has 0 amide bonds. The lowest BCUT2D eigenvalue weighted by atomic mass is 10.2. The summed E-state index contributed by atoms with van der Waals surface area (Å²) in [4.78, 5) is 26.3. The maximum atomic E-state index is 11.9. The highest BCUT2D eigenvalue weighted by atomic mass is 16.9. The molecule has 8 heteroatoms. The van der Waals surface area contributed by atoms with Crippen LogP contribution in [-0.2, 0) is 16.2 Å². The summed E-state index contributed by atoms with van der Waals surface area (Å²) in [7, 11) is 3.07. The van der Waals surface area contributed by atoms with Gasteiger partial charge in [0.25, 0.3) is 5.09 Å². The third-order valence-corrected chi connectivity index (χ3v) is 3.30. The number of methoxy groups -OCH3 is 2. The van der Waals surface area contributed by atoms with Crippen LogP contribution in [0.4, 0.5) is 0 Å². The minimum absolute atomic E-state index is 0.166. The van der Waals surface area contributed by atoms with Crippen LogP contribution in [0.1, 0.15) is 11.1 Å². The van der Waals surface area contributed by atoms with E-state index in [2.05, 4.69) is 4.84 Å². The van der Waals surface area contributed by atoms with Crippen molar-refractivity contribution in [2.75, 3.05) is 14.2 Å². The minimum atomic E-state index is -0.868. The first-order valence-corrected chi connectivity index (χ1v) is 7.50. The summed E-state index contributed by atoms with van der Waals surface area (Å²) in [6, 6.07) is 11.4. The van der Waals surface area contributed by atoms with E-state index in [0.29, 0.717) is 22.8 Å². The third kappa shape index (κ3) is 5.52. The summed E-state index contributed by atoms with van der Waals surface area (Å²) in [5.41, 5.74) is 1.33. The second-order valence-corrected chi connectivity index (χ2v) is 5.01. The summed E-state index contributed by atoms with van der Waals surface area (Å²) in [6.45, 7) is -0.166. The number of ether oxygens (including phenoxy) is 3. The molecule has 0 aliphatic rings. The molecular weight excluding hydrogens is 342 g/mol. The topological polar surface area (TPSA) is 97.1 Å². The smallest absolute Gasteiger partial charge is 0.336 e. The maximum Gasteiger partial charge on any atom is 0.336 e. The van der Waals surface area contributed by atoms with Crippen molar-refractivity contribution in [2.45, 2.75) is 6.61 Å². The molecule has 0 aromatic heterocycles. The van der Waals surface area contributed by atoms with Crippen LogP contribution < -0.4 is 14.2 Å². The molecule has 0 heterocycles. The Balaban J connectivity index is 1.95. The van der Waals surface area contributed by atoms with Crippen molar-refractivity contribution in [1.29, 1.82) is 0 Å². The second-order valence-electron chi connectivity index (χ2n) is 5.01. The zero-order chi connectivity index (χ0) is 18.9. The van der Waals surface area contributed by atoms with E-state index < -0.39 is 11.1 Å². The van der Waals surface area contributed by atoms with Crippen molar-refractivity contribution in [3.05, 3.63) is 69.8 Å². The molecule has 2 aromatic carbocycles. The van der Waals surface area contributed by atoms with Gasteiger partial charge in [-0.1, -0.05) is 18.2 Å². The predicted octanol–water partition coefficient (Wildman–Crippen LogP) is 3.03. The zero-order valence-electron chi connectivity index (χ0n) is 14.2. The number of carbonyl (C=O) groups is 1. The van der Waals surface area contributed by atoms with Gasteiger partial charge in [-0.3, -0.25) is 0 Å². The third-order valence-electron chi connectivity index (χ3n) is 3.30. The van der Waals surface area contributed by atoms with Crippen molar-refractivity contribution in [2.24, 2.45) is 0 Å². The molecule has 0 saturated heterocycles. The molecule has 0 fully saturated rings. The number of esters is 1. The summed E-state index contributed by atoms with van der Waals surface area (Å²) in [5, 5.41) is 9.27. The summed E-state index contributed by atoms with van der Waals surface area (Å²) >= 11 is 0. The average Bonchev–Trinajstić information content (AvgIpc) is 2.65. The maximum absolute atomic E-state index is 11.9. The Hall–Kier alpha value is -3.55. The van der Waals surface area contributed by atoms with Crippen LogP contribution in [0.5, 0.6) is 17.2 Å². The SMILES string of the molecule is COc1ccc(/C=C/C(=O)Oc2ccc(CO[N+](=O)[O-])cc2)cc1OC. The number of hydrogen-bond acceptors (Lipinski definition) is 7. The second kappa shape index (κ2) is 9.07. The first kappa shape index (κ1) is 18.8. The first-order valence-electron chi connectivity index (χ1n) is 7.50. The zero-order valence-corrected chi connectivity index (χ0v) is 14.2. The number of rotatable bonds is 8. The van der Waals surface area contributed by atoms with Crippen LogP contribution in [0.3, 0.4) is 0 Å². The summed E-state index contributed by atoms with van der Waals surface area (Å²) in [5.74, 6) is 0.898. The Morgan fingerprint density at radius 2 is 1.77 bits per heavy atom. The van der Waals surface area contributed by atoms with Crippen LogP contribution in [0.25, 0.3) is 6.08 Å². The molecule has 0 aliphatic carbocycles. The van der Waals surface area contributed by atoms with Gasteiger partial charge in [-0.05, 0) is 41.5 Å². The van der Waals surface area contributed by atoms with E-state index >= 15 is 0 Å². The Morgan fingerprint density at radius 1 is 1.08 bits per heavy atom. The standard InChI is InChI=1S/C18H17NO7/c1-23-16-9-5-13(11-17(16)24-2)6-10-18(20)26-15-7-3-14(4-8-15)12-25-19(21)22/h3-11H,12H2,1-2H3/b10-6+. The van der Waals surface area contributed by atoms with E-state index in [9.17, 15) is 14.9 Å². The molecule has 0 saturated carbocycles. The van der Waals surface area contributed by atoms with E-state index in [1.165, 1.54) is 25.3 Å². The monoisotopic (exact) mass is 359 g/mol. The molecule has 0 bridgehead atoms. The largest absolute Gasteiger partial charge is 0.493 e. The molecule has 2 aromatic rings. The lowest BCUT2D eigenvalue weighted by Crippen LogP contribution is -2.04. The van der Waals surface area contributed by atoms with E-state index in [-0.39, 0.29) is 6.61 Å². The fourth-order valence-electron chi connectivity index (χ4n) is 2.05. The average molecular weight is 359 g/mol. The number of hydrogen-bond donors (Lipinski definition) is 0. The quantitative estimate of drug-likeness (QED) is 0.235. The normalized spacial score (nSPS) is 10.4. The Kier molecular flexibility index (Phi) is 6.55. The van der Waals surface area contributed by atoms with Crippen molar-refractivity contribution >= 4 is 12.0 Å². The molecule has 8 nitrogen and oxygen atoms in total. The Bertz CT molecular complexity index is 800. The van der Waals surface area contributed by atoms with E-state index in [1.54, 1.807) is 43.5 Å². The summed E-state index contributed by atoms with van der Waals surface area (Å²) < 4.78 is 15.5. The van der Waals surface area contributed by atoms with Crippen molar-refractivity contribution in [3.8, 4) is 17.2 Å². The van der Waals surface area contributed by atoms with Crippen molar-refractivity contribution in [1.82, 2.24) is 0 Å². The molecule has 0 spiro atoms. The van der Waals surface area contributed by atoms with E-state index in [0.717, 1.165) is 5.56 Å². The molecule has 2 rings (SSSR count). The van der Waals surface area contributed by atoms with Gasteiger partial charge in [0, 0.05) is 6.08 Å². The molecule has 0 radical (unpaired) electrons. The van der Waals surface area contributed by atoms with Crippen LogP contribution in [0.15, 0.2) is 48.5 Å². The van der Waals surface area contributed by atoms with E-state index in [4.69, 9.17) is 14.2 Å². The summed E-state index contributed by atoms with van der Waals surface area (Å²) in [6.07, 6.45) is 2.87. The highest BCUT2D eigenvalue weighted by molar-refractivity contribution is 5.88. The van der Waals surface area contributed by atoms with Crippen LogP contribution in [0.2, 0.25) is 0 Å². The molecule has 0 aliphatic heterocycles. The minimum Gasteiger partial charge on any atom is -0.493 e. The molecule has 0 unspecified atom stereocenters. The van der Waals surface area contributed by atoms with Gasteiger partial charge < -0.3 is 19.0 Å².